The number of benzene rings is 1. The predicted molar refractivity (Wildman–Crippen MR) is 107 cm³/mol. The third-order valence-electron chi connectivity index (χ3n) is 4.53. The fraction of sp³-hybridized carbons (Fsp3) is 0.211. The molecule has 2 heterocycles. The molecule has 3 rings (SSSR count). The van der Waals surface area contributed by atoms with Crippen molar-refractivity contribution < 1.29 is 23.9 Å². The highest BCUT2D eigenvalue weighted by Crippen LogP contribution is 2.26. The van der Waals surface area contributed by atoms with Gasteiger partial charge in [-0.25, -0.2) is 4.79 Å². The zero-order chi connectivity index (χ0) is 22.2. The molecule has 11 heteroatoms. The Labute approximate surface area is 174 Å². The van der Waals surface area contributed by atoms with Crippen LogP contribution < -0.4 is 21.9 Å². The largest absolute Gasteiger partial charge is 0.467 e. The Balaban J connectivity index is 2.08. The quantitative estimate of drug-likeness (QED) is 0.450. The SMILES string of the molecule is COC(=O)C(Cc1cc(-n2c(N)c3c(cc2=O)C(=O)NC3=O)ccc1Cl)NC(C)=O. The number of anilines is 1. The number of esters is 1. The van der Waals surface area contributed by atoms with Gasteiger partial charge in [0.15, 0.2) is 0 Å². The van der Waals surface area contributed by atoms with E-state index in [1.165, 1.54) is 32.2 Å². The molecule has 1 aromatic heterocycles. The number of rotatable bonds is 5. The van der Waals surface area contributed by atoms with Crippen molar-refractivity contribution in [2.75, 3.05) is 12.8 Å². The first-order valence-electron chi connectivity index (χ1n) is 8.69. The molecule has 0 radical (unpaired) electrons. The smallest absolute Gasteiger partial charge is 0.328 e. The lowest BCUT2D eigenvalue weighted by Crippen LogP contribution is -2.42. The van der Waals surface area contributed by atoms with Crippen molar-refractivity contribution in [1.82, 2.24) is 15.2 Å². The average molecular weight is 433 g/mol. The molecule has 10 nitrogen and oxygen atoms in total. The van der Waals surface area contributed by atoms with Crippen molar-refractivity contribution in [2.45, 2.75) is 19.4 Å². The van der Waals surface area contributed by atoms with Gasteiger partial charge in [0.2, 0.25) is 5.91 Å². The number of carbonyl (C=O) groups excluding carboxylic acids is 4. The Morgan fingerprint density at radius 2 is 1.93 bits per heavy atom. The number of fused-ring (bicyclic) bond motifs is 1. The van der Waals surface area contributed by atoms with Gasteiger partial charge in [-0.2, -0.15) is 0 Å². The molecule has 0 saturated heterocycles. The Kier molecular flexibility index (Phi) is 5.61. The van der Waals surface area contributed by atoms with Gasteiger partial charge in [0, 0.05) is 24.4 Å². The molecule has 1 aliphatic heterocycles. The van der Waals surface area contributed by atoms with Gasteiger partial charge in [0.25, 0.3) is 17.4 Å². The number of hydrogen-bond donors (Lipinski definition) is 3. The first-order chi connectivity index (χ1) is 14.1. The number of nitrogens with two attached hydrogens (primary N) is 1. The second-order valence-corrected chi connectivity index (χ2v) is 6.94. The number of nitrogen functional groups attached to an aromatic ring is 1. The molecule has 1 atom stereocenters. The molecule has 0 aliphatic carbocycles. The fourth-order valence-electron chi connectivity index (χ4n) is 3.20. The summed E-state index contributed by atoms with van der Waals surface area (Å²) in [5.74, 6) is -2.71. The highest BCUT2D eigenvalue weighted by atomic mass is 35.5. The highest BCUT2D eigenvalue weighted by Gasteiger charge is 2.32. The molecule has 0 fully saturated rings. The zero-order valence-electron chi connectivity index (χ0n) is 15.9. The zero-order valence-corrected chi connectivity index (χ0v) is 16.7. The van der Waals surface area contributed by atoms with E-state index in [0.29, 0.717) is 5.56 Å². The summed E-state index contributed by atoms with van der Waals surface area (Å²) in [7, 11) is 1.19. The number of aromatic nitrogens is 1. The van der Waals surface area contributed by atoms with Crippen molar-refractivity contribution >= 4 is 41.1 Å². The maximum atomic E-state index is 12.6. The predicted octanol–water partition coefficient (Wildman–Crippen LogP) is 0.177. The number of nitrogens with zero attached hydrogens (tertiary/aromatic N) is 1. The molecule has 4 N–H and O–H groups in total. The number of pyridine rings is 1. The Hall–Kier alpha value is -3.66. The van der Waals surface area contributed by atoms with Crippen LogP contribution >= 0.6 is 11.6 Å². The van der Waals surface area contributed by atoms with E-state index in [2.05, 4.69) is 10.6 Å². The van der Waals surface area contributed by atoms with Crippen LogP contribution in [0.25, 0.3) is 5.69 Å². The van der Waals surface area contributed by atoms with Gasteiger partial charge in [-0.15, -0.1) is 0 Å². The van der Waals surface area contributed by atoms with Gasteiger partial charge in [0.1, 0.15) is 11.9 Å². The van der Waals surface area contributed by atoms with E-state index in [1.807, 2.05) is 0 Å². The van der Waals surface area contributed by atoms with Crippen LogP contribution in [0.2, 0.25) is 5.02 Å². The number of hydrogen-bond acceptors (Lipinski definition) is 7. The first-order valence-corrected chi connectivity index (χ1v) is 9.06. The number of carbonyl (C=O) groups is 4. The van der Waals surface area contributed by atoms with E-state index in [4.69, 9.17) is 22.1 Å². The third-order valence-corrected chi connectivity index (χ3v) is 4.90. The van der Waals surface area contributed by atoms with Gasteiger partial charge >= 0.3 is 5.97 Å². The maximum Gasteiger partial charge on any atom is 0.328 e. The Morgan fingerprint density at radius 3 is 2.57 bits per heavy atom. The molecule has 0 bridgehead atoms. The molecule has 156 valence electrons. The summed E-state index contributed by atoms with van der Waals surface area (Å²) in [6, 6.07) is 4.50. The number of amides is 3. The minimum Gasteiger partial charge on any atom is -0.467 e. The van der Waals surface area contributed by atoms with Crippen LogP contribution in [-0.4, -0.2) is 41.4 Å². The Bertz CT molecular complexity index is 1160. The lowest BCUT2D eigenvalue weighted by molar-refractivity contribution is -0.144. The molecular weight excluding hydrogens is 416 g/mol. The molecule has 1 aromatic carbocycles. The van der Waals surface area contributed by atoms with Gasteiger partial charge < -0.3 is 15.8 Å². The van der Waals surface area contributed by atoms with Crippen LogP contribution in [0.1, 0.15) is 33.2 Å². The third kappa shape index (κ3) is 3.77. The van der Waals surface area contributed by atoms with E-state index in [9.17, 15) is 24.0 Å². The van der Waals surface area contributed by atoms with Crippen molar-refractivity contribution in [2.24, 2.45) is 0 Å². The summed E-state index contributed by atoms with van der Waals surface area (Å²) < 4.78 is 5.76. The lowest BCUT2D eigenvalue weighted by Gasteiger charge is -2.18. The number of ether oxygens (including phenoxy) is 1. The average Bonchev–Trinajstić information content (AvgIpc) is 2.96. The monoisotopic (exact) mass is 432 g/mol. The van der Waals surface area contributed by atoms with Crippen LogP contribution in [0.5, 0.6) is 0 Å². The normalized spacial score (nSPS) is 13.4. The highest BCUT2D eigenvalue weighted by molar-refractivity contribution is 6.31. The van der Waals surface area contributed by atoms with E-state index in [-0.39, 0.29) is 34.1 Å². The van der Waals surface area contributed by atoms with E-state index in [1.54, 1.807) is 0 Å². The standard InChI is InChI=1S/C19H17ClN4O6/c1-8(25)22-13(19(29)30-2)6-9-5-10(3-4-12(9)20)24-14(26)7-11-15(16(24)21)18(28)23-17(11)27/h3-5,7,13H,6,21H2,1-2H3,(H,22,25)(H,23,27,28). The molecule has 1 unspecified atom stereocenters. The van der Waals surface area contributed by atoms with Crippen molar-refractivity contribution in [3.05, 3.63) is 56.3 Å². The molecule has 3 amide bonds. The molecule has 2 aromatic rings. The van der Waals surface area contributed by atoms with Crippen LogP contribution in [0, 0.1) is 0 Å². The summed E-state index contributed by atoms with van der Waals surface area (Å²) in [5.41, 5.74) is 5.90. The summed E-state index contributed by atoms with van der Waals surface area (Å²) >= 11 is 6.24. The second kappa shape index (κ2) is 7.99. The maximum absolute atomic E-state index is 12.6. The van der Waals surface area contributed by atoms with Crippen molar-refractivity contribution in [1.29, 1.82) is 0 Å². The fourth-order valence-corrected chi connectivity index (χ4v) is 3.40. The summed E-state index contributed by atoms with van der Waals surface area (Å²) in [6.07, 6.45) is -0.0164. The number of imide groups is 1. The van der Waals surface area contributed by atoms with Gasteiger partial charge in [-0.1, -0.05) is 11.6 Å². The van der Waals surface area contributed by atoms with Gasteiger partial charge in [-0.05, 0) is 23.8 Å². The van der Waals surface area contributed by atoms with Crippen molar-refractivity contribution in [3.63, 3.8) is 0 Å². The summed E-state index contributed by atoms with van der Waals surface area (Å²) in [4.78, 5) is 59.8. The van der Waals surface area contributed by atoms with E-state index >= 15 is 0 Å². The van der Waals surface area contributed by atoms with Gasteiger partial charge in [-0.3, -0.25) is 29.1 Å². The van der Waals surface area contributed by atoms with Crippen LogP contribution in [0.4, 0.5) is 5.82 Å². The molecular formula is C19H17ClN4O6. The summed E-state index contributed by atoms with van der Waals surface area (Å²) in [6.45, 7) is 1.26. The second-order valence-electron chi connectivity index (χ2n) is 6.53. The van der Waals surface area contributed by atoms with Crippen molar-refractivity contribution in [3.8, 4) is 5.69 Å². The van der Waals surface area contributed by atoms with E-state index in [0.717, 1.165) is 10.6 Å². The minimum atomic E-state index is -1.00. The molecule has 0 saturated carbocycles. The minimum absolute atomic E-state index is 0.0164. The van der Waals surface area contributed by atoms with Crippen LogP contribution in [0.3, 0.4) is 0 Å². The summed E-state index contributed by atoms with van der Waals surface area (Å²) in [5, 5.41) is 4.84. The van der Waals surface area contributed by atoms with E-state index < -0.39 is 35.3 Å². The van der Waals surface area contributed by atoms with Gasteiger partial charge in [0.05, 0.1) is 23.9 Å². The topological polar surface area (TPSA) is 150 Å². The van der Waals surface area contributed by atoms with Crippen LogP contribution in [-0.2, 0) is 20.7 Å². The number of methoxy groups -OCH3 is 1. The molecule has 1 aliphatic rings. The number of halogens is 1. The molecule has 30 heavy (non-hydrogen) atoms. The lowest BCUT2D eigenvalue weighted by atomic mass is 10.0. The number of nitrogens with one attached hydrogen (secondary N) is 2. The molecule has 0 spiro atoms. The first kappa shape index (κ1) is 21.1. The Morgan fingerprint density at radius 1 is 1.23 bits per heavy atom. The van der Waals surface area contributed by atoms with Crippen LogP contribution in [0.15, 0.2) is 29.1 Å².